The van der Waals surface area contributed by atoms with E-state index in [0.717, 1.165) is 42.6 Å². The first-order valence-electron chi connectivity index (χ1n) is 9.49. The Balaban J connectivity index is 1.72. The van der Waals surface area contributed by atoms with E-state index in [2.05, 4.69) is 5.32 Å². The molecule has 7 heteroatoms. The lowest BCUT2D eigenvalue weighted by atomic mass is 9.97. The summed E-state index contributed by atoms with van der Waals surface area (Å²) in [5, 5.41) is 11.0. The van der Waals surface area contributed by atoms with Gasteiger partial charge in [-0.25, -0.2) is 0 Å². The number of carbonyl (C=O) groups excluding carboxylic acids is 4. The van der Waals surface area contributed by atoms with Gasteiger partial charge in [-0.2, -0.15) is 0 Å². The highest BCUT2D eigenvalue weighted by Crippen LogP contribution is 2.30. The predicted octanol–water partition coefficient (Wildman–Crippen LogP) is 1.57. The van der Waals surface area contributed by atoms with E-state index in [4.69, 9.17) is 5.11 Å². The molecular formula is C20H24N2O5. The van der Waals surface area contributed by atoms with Crippen molar-refractivity contribution in [3.8, 4) is 0 Å². The van der Waals surface area contributed by atoms with Crippen LogP contribution in [0.2, 0.25) is 0 Å². The number of benzene rings is 1. The molecule has 2 aliphatic rings. The Labute approximate surface area is 157 Å². The average Bonchev–Trinajstić information content (AvgIpc) is 2.90. The van der Waals surface area contributed by atoms with Crippen molar-refractivity contribution >= 4 is 23.6 Å². The van der Waals surface area contributed by atoms with E-state index < -0.39 is 23.8 Å². The van der Waals surface area contributed by atoms with Gasteiger partial charge in [-0.3, -0.25) is 29.4 Å². The molecule has 2 heterocycles. The van der Waals surface area contributed by atoms with Crippen LogP contribution in [0.4, 0.5) is 0 Å². The molecule has 27 heavy (non-hydrogen) atoms. The number of nitrogens with zero attached hydrogens (tertiary/aromatic N) is 1. The molecule has 0 radical (unpaired) electrons. The SMILES string of the molecule is O=C1CCC(N2C(=O)c3cccc(CCCCCCCO)c3C2=O)C(=O)N1. The molecule has 1 unspecified atom stereocenters. The van der Waals surface area contributed by atoms with Crippen molar-refractivity contribution in [2.45, 2.75) is 57.4 Å². The standard InChI is InChI=1S/C20H24N2O5/c23-12-5-3-1-2-4-7-13-8-6-9-14-17(13)20(27)22(19(14)26)15-10-11-16(24)21-18(15)25/h6,8-9,15,23H,1-5,7,10-12H2,(H,21,24,25). The van der Waals surface area contributed by atoms with E-state index in [1.165, 1.54) is 0 Å². The predicted molar refractivity (Wildman–Crippen MR) is 97.0 cm³/mol. The summed E-state index contributed by atoms with van der Waals surface area (Å²) in [6.07, 6.45) is 5.64. The number of imide groups is 2. The molecule has 1 aromatic carbocycles. The van der Waals surface area contributed by atoms with E-state index in [9.17, 15) is 19.2 Å². The van der Waals surface area contributed by atoms with Gasteiger partial charge in [0.15, 0.2) is 0 Å². The van der Waals surface area contributed by atoms with Crippen molar-refractivity contribution in [2.75, 3.05) is 6.61 Å². The van der Waals surface area contributed by atoms with Crippen molar-refractivity contribution in [3.05, 3.63) is 34.9 Å². The normalized spacial score (nSPS) is 19.4. The Morgan fingerprint density at radius 2 is 1.74 bits per heavy atom. The number of aryl methyl sites for hydroxylation is 1. The van der Waals surface area contributed by atoms with Crippen LogP contribution in [-0.4, -0.2) is 46.3 Å². The summed E-state index contributed by atoms with van der Waals surface area (Å²) >= 11 is 0. The van der Waals surface area contributed by atoms with Gasteiger partial charge in [-0.15, -0.1) is 0 Å². The lowest BCUT2D eigenvalue weighted by Gasteiger charge is -2.27. The lowest BCUT2D eigenvalue weighted by Crippen LogP contribution is -2.54. The number of unbranched alkanes of at least 4 members (excludes halogenated alkanes) is 4. The third-order valence-corrected chi connectivity index (χ3v) is 5.16. The molecule has 4 amide bonds. The van der Waals surface area contributed by atoms with Crippen molar-refractivity contribution < 1.29 is 24.3 Å². The zero-order chi connectivity index (χ0) is 19.4. The fourth-order valence-electron chi connectivity index (χ4n) is 3.75. The summed E-state index contributed by atoms with van der Waals surface area (Å²) < 4.78 is 0. The minimum absolute atomic E-state index is 0.116. The Hall–Kier alpha value is -2.54. The van der Waals surface area contributed by atoms with Crippen LogP contribution < -0.4 is 5.32 Å². The van der Waals surface area contributed by atoms with Crippen molar-refractivity contribution in [3.63, 3.8) is 0 Å². The molecule has 1 aromatic rings. The Kier molecular flexibility index (Phi) is 6.01. The summed E-state index contributed by atoms with van der Waals surface area (Å²) in [7, 11) is 0. The molecule has 0 aromatic heterocycles. The molecule has 144 valence electrons. The van der Waals surface area contributed by atoms with Gasteiger partial charge in [0.25, 0.3) is 11.8 Å². The third-order valence-electron chi connectivity index (χ3n) is 5.16. The molecule has 1 atom stereocenters. The van der Waals surface area contributed by atoms with Gasteiger partial charge >= 0.3 is 0 Å². The van der Waals surface area contributed by atoms with Gasteiger partial charge < -0.3 is 5.11 Å². The summed E-state index contributed by atoms with van der Waals surface area (Å²) in [6.45, 7) is 0.207. The molecule has 1 fully saturated rings. The van der Waals surface area contributed by atoms with Gasteiger partial charge in [0.1, 0.15) is 6.04 Å². The van der Waals surface area contributed by atoms with Crippen LogP contribution in [0.25, 0.3) is 0 Å². The van der Waals surface area contributed by atoms with Crippen LogP contribution in [0, 0.1) is 0 Å². The molecule has 0 spiro atoms. The van der Waals surface area contributed by atoms with Gasteiger partial charge in [-0.1, -0.05) is 31.4 Å². The number of aliphatic hydroxyl groups excluding tert-OH is 1. The van der Waals surface area contributed by atoms with Gasteiger partial charge in [0.05, 0.1) is 11.1 Å². The second-order valence-corrected chi connectivity index (χ2v) is 7.03. The monoisotopic (exact) mass is 372 g/mol. The Bertz CT molecular complexity index is 774. The second-order valence-electron chi connectivity index (χ2n) is 7.03. The first kappa shape index (κ1) is 19.2. The van der Waals surface area contributed by atoms with Crippen LogP contribution in [0.3, 0.4) is 0 Å². The van der Waals surface area contributed by atoms with Gasteiger partial charge in [-0.05, 0) is 37.3 Å². The fraction of sp³-hybridized carbons (Fsp3) is 0.500. The quantitative estimate of drug-likeness (QED) is 0.532. The minimum Gasteiger partial charge on any atom is -0.396 e. The van der Waals surface area contributed by atoms with Gasteiger partial charge in [0, 0.05) is 13.0 Å². The van der Waals surface area contributed by atoms with E-state index >= 15 is 0 Å². The van der Waals surface area contributed by atoms with E-state index in [1.54, 1.807) is 12.1 Å². The molecule has 3 rings (SSSR count). The highest BCUT2D eigenvalue weighted by Gasteiger charge is 2.45. The summed E-state index contributed by atoms with van der Waals surface area (Å²) in [5.74, 6) is -1.88. The summed E-state index contributed by atoms with van der Waals surface area (Å²) in [6, 6.07) is 4.30. The molecule has 2 aliphatic heterocycles. The zero-order valence-electron chi connectivity index (χ0n) is 15.2. The van der Waals surface area contributed by atoms with E-state index in [-0.39, 0.29) is 25.4 Å². The molecule has 0 aliphatic carbocycles. The van der Waals surface area contributed by atoms with Crippen molar-refractivity contribution in [2.24, 2.45) is 0 Å². The van der Waals surface area contributed by atoms with E-state index in [0.29, 0.717) is 17.5 Å². The average molecular weight is 372 g/mol. The minimum atomic E-state index is -0.929. The highest BCUT2D eigenvalue weighted by atomic mass is 16.3. The Morgan fingerprint density at radius 1 is 1.00 bits per heavy atom. The Morgan fingerprint density at radius 3 is 2.48 bits per heavy atom. The van der Waals surface area contributed by atoms with Crippen LogP contribution >= 0.6 is 0 Å². The highest BCUT2D eigenvalue weighted by molar-refractivity contribution is 6.24. The van der Waals surface area contributed by atoms with Crippen molar-refractivity contribution in [1.29, 1.82) is 0 Å². The van der Waals surface area contributed by atoms with Gasteiger partial charge in [0.2, 0.25) is 11.8 Å². The van der Waals surface area contributed by atoms with Crippen LogP contribution in [-0.2, 0) is 16.0 Å². The number of aliphatic hydroxyl groups is 1. The molecular weight excluding hydrogens is 348 g/mol. The van der Waals surface area contributed by atoms with Crippen LogP contribution in [0.1, 0.15) is 71.2 Å². The first-order chi connectivity index (χ1) is 13.0. The number of nitrogens with one attached hydrogen (secondary N) is 1. The summed E-state index contributed by atoms with van der Waals surface area (Å²) in [5.41, 5.74) is 1.55. The largest absolute Gasteiger partial charge is 0.396 e. The molecule has 0 saturated carbocycles. The molecule has 7 nitrogen and oxygen atoms in total. The van der Waals surface area contributed by atoms with Crippen molar-refractivity contribution in [1.82, 2.24) is 10.2 Å². The molecule has 2 N–H and O–H groups in total. The van der Waals surface area contributed by atoms with E-state index in [1.807, 2.05) is 6.07 Å². The number of fused-ring (bicyclic) bond motifs is 1. The number of hydrogen-bond acceptors (Lipinski definition) is 5. The topological polar surface area (TPSA) is 104 Å². The maximum absolute atomic E-state index is 12.9. The molecule has 0 bridgehead atoms. The van der Waals surface area contributed by atoms with Crippen LogP contribution in [0.5, 0.6) is 0 Å². The fourth-order valence-corrected chi connectivity index (χ4v) is 3.75. The number of carbonyl (C=O) groups is 4. The zero-order valence-corrected chi connectivity index (χ0v) is 15.2. The molecule has 1 saturated heterocycles. The third kappa shape index (κ3) is 3.93. The summed E-state index contributed by atoms with van der Waals surface area (Å²) in [4.78, 5) is 50.2. The number of hydrogen-bond donors (Lipinski definition) is 2. The van der Waals surface area contributed by atoms with Crippen LogP contribution in [0.15, 0.2) is 18.2 Å². The maximum atomic E-state index is 12.9. The second kappa shape index (κ2) is 8.43. The number of rotatable bonds is 8. The maximum Gasteiger partial charge on any atom is 0.262 e. The smallest absolute Gasteiger partial charge is 0.262 e. The number of piperidine rings is 1. The lowest BCUT2D eigenvalue weighted by molar-refractivity contribution is -0.136. The first-order valence-corrected chi connectivity index (χ1v) is 9.49. The number of amides is 4.